The number of amides is 1. The van der Waals surface area contributed by atoms with E-state index >= 15 is 0 Å². The van der Waals surface area contributed by atoms with E-state index in [0.717, 1.165) is 22.6 Å². The smallest absolute Gasteiger partial charge is 0.240 e. The first-order valence-corrected chi connectivity index (χ1v) is 9.75. The van der Waals surface area contributed by atoms with E-state index in [4.69, 9.17) is 11.6 Å². The Morgan fingerprint density at radius 2 is 1.81 bits per heavy atom. The summed E-state index contributed by atoms with van der Waals surface area (Å²) in [6, 6.07) is 15.0. The number of aryl methyl sites for hydroxylation is 2. The topological polar surface area (TPSA) is 71.8 Å². The number of hydrogen-bond donors (Lipinski definition) is 2. The summed E-state index contributed by atoms with van der Waals surface area (Å²) in [5, 5.41) is 12.2. The Morgan fingerprint density at radius 1 is 1.11 bits per heavy atom. The van der Waals surface area contributed by atoms with E-state index < -0.39 is 5.25 Å². The summed E-state index contributed by atoms with van der Waals surface area (Å²) in [5.74, 6) is 0.650. The number of benzene rings is 2. The number of rotatable bonds is 3. The lowest BCUT2D eigenvalue weighted by atomic mass is 10.0. The predicted octanol–water partition coefficient (Wildman–Crippen LogP) is 3.95. The van der Waals surface area contributed by atoms with Gasteiger partial charge in [-0.3, -0.25) is 4.79 Å². The first kappa shape index (κ1) is 17.9. The summed E-state index contributed by atoms with van der Waals surface area (Å²) in [4.78, 5) is 13.1. The quantitative estimate of drug-likeness (QED) is 0.697. The summed E-state index contributed by atoms with van der Waals surface area (Å²) >= 11 is 7.43. The molecule has 138 valence electrons. The molecular formula is C19H18ClN5OS. The standard InChI is InChI=1S/C19H18ClN5OS/c1-11-3-9-15(10-4-11)21-18(26)17-16(13-5-7-14(20)8-6-13)24-25-12(2)22-23-19(25)27-17/h3-10,16-17,24H,1-2H3,(H,21,26)/t16-,17+/m1/s1. The molecule has 0 radical (unpaired) electrons. The minimum atomic E-state index is -0.413. The molecule has 1 aliphatic heterocycles. The van der Waals surface area contributed by atoms with Crippen LogP contribution in [-0.2, 0) is 4.79 Å². The Bertz CT molecular complexity index is 971. The van der Waals surface area contributed by atoms with Crippen molar-refractivity contribution < 1.29 is 4.79 Å². The highest BCUT2D eigenvalue weighted by atomic mass is 35.5. The molecule has 4 rings (SSSR count). The van der Waals surface area contributed by atoms with Crippen LogP contribution >= 0.6 is 23.4 Å². The number of aromatic nitrogens is 3. The Kier molecular flexibility index (Phi) is 4.80. The van der Waals surface area contributed by atoms with E-state index in [1.807, 2.05) is 67.1 Å². The number of halogens is 1. The molecule has 0 saturated carbocycles. The van der Waals surface area contributed by atoms with Gasteiger partial charge in [-0.2, -0.15) is 0 Å². The van der Waals surface area contributed by atoms with Crippen molar-refractivity contribution in [3.8, 4) is 0 Å². The molecule has 0 bridgehead atoms. The number of hydrogen-bond acceptors (Lipinski definition) is 5. The summed E-state index contributed by atoms with van der Waals surface area (Å²) in [7, 11) is 0. The van der Waals surface area contributed by atoms with Crippen molar-refractivity contribution in [3.63, 3.8) is 0 Å². The van der Waals surface area contributed by atoms with Gasteiger partial charge in [-0.1, -0.05) is 53.2 Å². The van der Waals surface area contributed by atoms with E-state index in [2.05, 4.69) is 20.9 Å². The van der Waals surface area contributed by atoms with Crippen molar-refractivity contribution in [2.24, 2.45) is 0 Å². The molecule has 2 atom stereocenters. The maximum absolute atomic E-state index is 13.1. The molecule has 0 saturated heterocycles. The minimum Gasteiger partial charge on any atom is -0.325 e. The fraction of sp³-hybridized carbons (Fsp3) is 0.211. The fourth-order valence-electron chi connectivity index (χ4n) is 2.93. The lowest BCUT2D eigenvalue weighted by Crippen LogP contribution is -2.41. The highest BCUT2D eigenvalue weighted by Crippen LogP contribution is 2.37. The van der Waals surface area contributed by atoms with Gasteiger partial charge in [0.05, 0.1) is 6.04 Å². The molecule has 0 unspecified atom stereocenters. The lowest BCUT2D eigenvalue weighted by Gasteiger charge is -2.32. The van der Waals surface area contributed by atoms with Crippen molar-refractivity contribution in [2.75, 3.05) is 10.7 Å². The van der Waals surface area contributed by atoms with Crippen LogP contribution in [0.3, 0.4) is 0 Å². The summed E-state index contributed by atoms with van der Waals surface area (Å²) < 4.78 is 1.82. The Labute approximate surface area is 166 Å². The maximum atomic E-state index is 13.1. The van der Waals surface area contributed by atoms with Crippen LogP contribution in [0, 0.1) is 13.8 Å². The van der Waals surface area contributed by atoms with Gasteiger partial charge in [0.2, 0.25) is 11.1 Å². The van der Waals surface area contributed by atoms with Gasteiger partial charge >= 0.3 is 0 Å². The molecule has 0 spiro atoms. The Hall–Kier alpha value is -2.51. The third kappa shape index (κ3) is 3.65. The molecule has 0 aliphatic carbocycles. The number of nitrogens with one attached hydrogen (secondary N) is 2. The maximum Gasteiger partial charge on any atom is 0.240 e. The van der Waals surface area contributed by atoms with E-state index in [0.29, 0.717) is 10.2 Å². The van der Waals surface area contributed by atoms with Crippen LogP contribution in [0.5, 0.6) is 0 Å². The summed E-state index contributed by atoms with van der Waals surface area (Å²) in [6.07, 6.45) is 0. The molecule has 27 heavy (non-hydrogen) atoms. The van der Waals surface area contributed by atoms with Crippen LogP contribution < -0.4 is 10.7 Å². The van der Waals surface area contributed by atoms with Gasteiger partial charge < -0.3 is 10.7 Å². The van der Waals surface area contributed by atoms with E-state index in [9.17, 15) is 4.79 Å². The first-order valence-electron chi connectivity index (χ1n) is 8.49. The average Bonchev–Trinajstić information content (AvgIpc) is 3.03. The third-order valence-corrected chi connectivity index (χ3v) is 5.87. The third-order valence-electron chi connectivity index (χ3n) is 4.41. The van der Waals surface area contributed by atoms with Crippen LogP contribution in [0.4, 0.5) is 5.69 Å². The number of thioether (sulfide) groups is 1. The molecule has 1 aliphatic rings. The van der Waals surface area contributed by atoms with Crippen molar-refractivity contribution in [1.29, 1.82) is 0 Å². The van der Waals surface area contributed by atoms with Gasteiger partial charge in [0.1, 0.15) is 11.1 Å². The van der Waals surface area contributed by atoms with Crippen molar-refractivity contribution >= 4 is 35.0 Å². The first-order chi connectivity index (χ1) is 13.0. The molecule has 2 N–H and O–H groups in total. The SMILES string of the molecule is Cc1ccc(NC(=O)[C@H]2Sc3nnc(C)n3N[C@@H]2c2ccc(Cl)cc2)cc1. The van der Waals surface area contributed by atoms with Crippen LogP contribution in [0.2, 0.25) is 5.02 Å². The fourth-order valence-corrected chi connectivity index (χ4v) is 4.18. The zero-order chi connectivity index (χ0) is 19.0. The summed E-state index contributed by atoms with van der Waals surface area (Å²) in [5.41, 5.74) is 6.25. The minimum absolute atomic E-state index is 0.0943. The second-order valence-corrected chi connectivity index (χ2v) is 7.96. The molecule has 6 nitrogen and oxygen atoms in total. The molecule has 1 aromatic heterocycles. The Morgan fingerprint density at radius 3 is 2.52 bits per heavy atom. The second-order valence-electron chi connectivity index (χ2n) is 6.42. The van der Waals surface area contributed by atoms with Crippen LogP contribution in [-0.4, -0.2) is 26.0 Å². The van der Waals surface area contributed by atoms with Gasteiger partial charge in [0, 0.05) is 10.7 Å². The number of carbonyl (C=O) groups is 1. The van der Waals surface area contributed by atoms with Gasteiger partial charge in [-0.15, -0.1) is 10.2 Å². The molecule has 0 fully saturated rings. The predicted molar refractivity (Wildman–Crippen MR) is 108 cm³/mol. The van der Waals surface area contributed by atoms with Crippen LogP contribution in [0.1, 0.15) is 23.0 Å². The monoisotopic (exact) mass is 399 g/mol. The van der Waals surface area contributed by atoms with Gasteiger partial charge in [-0.05, 0) is 43.7 Å². The van der Waals surface area contributed by atoms with E-state index in [1.165, 1.54) is 11.8 Å². The van der Waals surface area contributed by atoms with Gasteiger partial charge in [0.15, 0.2) is 0 Å². The van der Waals surface area contributed by atoms with E-state index in [1.54, 1.807) is 0 Å². The highest BCUT2D eigenvalue weighted by molar-refractivity contribution is 8.00. The lowest BCUT2D eigenvalue weighted by molar-refractivity contribution is -0.116. The molecule has 3 aromatic rings. The molecular weight excluding hydrogens is 382 g/mol. The Balaban J connectivity index is 1.65. The van der Waals surface area contributed by atoms with Crippen molar-refractivity contribution in [3.05, 3.63) is 70.5 Å². The number of carbonyl (C=O) groups excluding carboxylic acids is 1. The molecule has 8 heteroatoms. The highest BCUT2D eigenvalue weighted by Gasteiger charge is 2.37. The zero-order valence-electron chi connectivity index (χ0n) is 14.8. The van der Waals surface area contributed by atoms with Crippen molar-refractivity contribution in [1.82, 2.24) is 14.9 Å². The number of nitrogens with zero attached hydrogens (tertiary/aromatic N) is 3. The molecule has 2 heterocycles. The molecule has 1 amide bonds. The van der Waals surface area contributed by atoms with Crippen molar-refractivity contribution in [2.45, 2.75) is 30.3 Å². The largest absolute Gasteiger partial charge is 0.325 e. The van der Waals surface area contributed by atoms with Crippen LogP contribution in [0.15, 0.2) is 53.7 Å². The van der Waals surface area contributed by atoms with Crippen LogP contribution in [0.25, 0.3) is 0 Å². The number of fused-ring (bicyclic) bond motifs is 1. The normalized spacial score (nSPS) is 18.5. The van der Waals surface area contributed by atoms with Gasteiger partial charge in [0.25, 0.3) is 0 Å². The zero-order valence-corrected chi connectivity index (χ0v) is 16.4. The van der Waals surface area contributed by atoms with Gasteiger partial charge in [-0.25, -0.2) is 4.68 Å². The van der Waals surface area contributed by atoms with E-state index in [-0.39, 0.29) is 11.9 Å². The summed E-state index contributed by atoms with van der Waals surface area (Å²) in [6.45, 7) is 3.88. The average molecular weight is 400 g/mol. The number of anilines is 1. The molecule has 2 aromatic carbocycles. The second kappa shape index (κ2) is 7.25.